The standard InChI is InChI=1S/C11H10N4O/c1-8(15-16)9-2-10(4-12-3-9)11-5-13-7-14-6-11/h2-7,16H,1H3/b15-8+. The van der Waals surface area contributed by atoms with Crippen LogP contribution in [-0.4, -0.2) is 25.9 Å². The van der Waals surface area contributed by atoms with E-state index in [1.165, 1.54) is 6.33 Å². The third kappa shape index (κ3) is 2.03. The van der Waals surface area contributed by atoms with Crippen molar-refractivity contribution < 1.29 is 5.21 Å². The van der Waals surface area contributed by atoms with Crippen molar-refractivity contribution in [1.29, 1.82) is 0 Å². The fraction of sp³-hybridized carbons (Fsp3) is 0.0909. The average molecular weight is 214 g/mol. The minimum atomic E-state index is 0.520. The van der Waals surface area contributed by atoms with Gasteiger partial charge in [-0.3, -0.25) is 4.98 Å². The van der Waals surface area contributed by atoms with Gasteiger partial charge in [-0.15, -0.1) is 0 Å². The third-order valence-electron chi connectivity index (χ3n) is 2.20. The van der Waals surface area contributed by atoms with Crippen LogP contribution in [0.5, 0.6) is 0 Å². The Kier molecular flexibility index (Phi) is 2.86. The van der Waals surface area contributed by atoms with Gasteiger partial charge in [0.25, 0.3) is 0 Å². The van der Waals surface area contributed by atoms with Gasteiger partial charge < -0.3 is 5.21 Å². The molecule has 0 unspecified atom stereocenters. The van der Waals surface area contributed by atoms with Crippen molar-refractivity contribution in [2.45, 2.75) is 6.92 Å². The summed E-state index contributed by atoms with van der Waals surface area (Å²) in [6.45, 7) is 1.71. The molecule has 0 aromatic carbocycles. The lowest BCUT2D eigenvalue weighted by Gasteiger charge is -2.02. The van der Waals surface area contributed by atoms with E-state index in [0.717, 1.165) is 16.7 Å². The number of hydrogen-bond acceptors (Lipinski definition) is 5. The Morgan fingerprint density at radius 3 is 2.44 bits per heavy atom. The van der Waals surface area contributed by atoms with Gasteiger partial charge in [0.2, 0.25) is 0 Å². The molecule has 0 radical (unpaired) electrons. The molecule has 0 aliphatic carbocycles. The maximum Gasteiger partial charge on any atom is 0.115 e. The average Bonchev–Trinajstić information content (AvgIpc) is 2.39. The van der Waals surface area contributed by atoms with E-state index in [0.29, 0.717) is 5.71 Å². The molecule has 80 valence electrons. The molecule has 5 heteroatoms. The Hall–Kier alpha value is -2.30. The molecule has 2 rings (SSSR count). The summed E-state index contributed by atoms with van der Waals surface area (Å²) >= 11 is 0. The maximum absolute atomic E-state index is 8.69. The summed E-state index contributed by atoms with van der Waals surface area (Å²) in [6, 6.07) is 1.88. The molecule has 2 aromatic rings. The highest BCUT2D eigenvalue weighted by atomic mass is 16.4. The van der Waals surface area contributed by atoms with Gasteiger partial charge in [0.1, 0.15) is 6.33 Å². The number of pyridine rings is 1. The van der Waals surface area contributed by atoms with E-state index in [2.05, 4.69) is 20.1 Å². The van der Waals surface area contributed by atoms with Gasteiger partial charge in [-0.25, -0.2) is 9.97 Å². The highest BCUT2D eigenvalue weighted by molar-refractivity contribution is 5.98. The summed E-state index contributed by atoms with van der Waals surface area (Å²) in [6.07, 6.45) is 8.24. The molecule has 0 saturated carbocycles. The Morgan fingerprint density at radius 1 is 1.06 bits per heavy atom. The molecule has 0 fully saturated rings. The van der Waals surface area contributed by atoms with Gasteiger partial charge in [0.15, 0.2) is 0 Å². The highest BCUT2D eigenvalue weighted by Crippen LogP contribution is 2.17. The van der Waals surface area contributed by atoms with Crippen molar-refractivity contribution in [3.8, 4) is 11.1 Å². The van der Waals surface area contributed by atoms with Crippen LogP contribution in [0.2, 0.25) is 0 Å². The van der Waals surface area contributed by atoms with Crippen LogP contribution >= 0.6 is 0 Å². The fourth-order valence-electron chi connectivity index (χ4n) is 1.30. The molecular formula is C11H10N4O. The van der Waals surface area contributed by atoms with Crippen LogP contribution in [0.15, 0.2) is 42.3 Å². The van der Waals surface area contributed by atoms with Crippen molar-refractivity contribution in [2.24, 2.45) is 5.16 Å². The van der Waals surface area contributed by atoms with E-state index >= 15 is 0 Å². The molecule has 0 bridgehead atoms. The maximum atomic E-state index is 8.69. The first-order valence-corrected chi connectivity index (χ1v) is 4.70. The van der Waals surface area contributed by atoms with Crippen LogP contribution in [0, 0.1) is 0 Å². The second-order valence-corrected chi connectivity index (χ2v) is 3.27. The molecule has 0 saturated heterocycles. The zero-order chi connectivity index (χ0) is 11.4. The van der Waals surface area contributed by atoms with Gasteiger partial charge in [0, 0.05) is 41.5 Å². The first-order chi connectivity index (χ1) is 7.81. The smallest absolute Gasteiger partial charge is 0.115 e. The van der Waals surface area contributed by atoms with Crippen LogP contribution in [0.3, 0.4) is 0 Å². The lowest BCUT2D eigenvalue weighted by Crippen LogP contribution is -1.96. The molecule has 0 aliphatic heterocycles. The Morgan fingerprint density at radius 2 is 1.75 bits per heavy atom. The first kappa shape index (κ1) is 10.2. The minimum absolute atomic E-state index is 0.520. The van der Waals surface area contributed by atoms with E-state index in [1.54, 1.807) is 31.7 Å². The summed E-state index contributed by atoms with van der Waals surface area (Å²) < 4.78 is 0. The summed E-state index contributed by atoms with van der Waals surface area (Å²) in [5, 5.41) is 11.8. The quantitative estimate of drug-likeness (QED) is 0.469. The van der Waals surface area contributed by atoms with Crippen LogP contribution in [-0.2, 0) is 0 Å². The molecule has 1 N–H and O–H groups in total. The lowest BCUT2D eigenvalue weighted by atomic mass is 10.1. The Labute approximate surface area is 92.5 Å². The lowest BCUT2D eigenvalue weighted by molar-refractivity contribution is 0.319. The summed E-state index contributed by atoms with van der Waals surface area (Å²) in [4.78, 5) is 12.0. The molecule has 2 aromatic heterocycles. The van der Waals surface area contributed by atoms with Gasteiger partial charge >= 0.3 is 0 Å². The molecule has 2 heterocycles. The molecule has 5 nitrogen and oxygen atoms in total. The van der Waals surface area contributed by atoms with Gasteiger partial charge in [-0.1, -0.05) is 5.16 Å². The van der Waals surface area contributed by atoms with Crippen LogP contribution in [0.1, 0.15) is 12.5 Å². The van der Waals surface area contributed by atoms with Crippen molar-refractivity contribution in [2.75, 3.05) is 0 Å². The molecule has 0 atom stereocenters. The summed E-state index contributed by atoms with van der Waals surface area (Å²) in [7, 11) is 0. The van der Waals surface area contributed by atoms with Gasteiger partial charge in [-0.2, -0.15) is 0 Å². The fourth-order valence-corrected chi connectivity index (χ4v) is 1.30. The Bertz CT molecular complexity index is 510. The molecule has 0 aliphatic rings. The van der Waals surface area contributed by atoms with E-state index in [-0.39, 0.29) is 0 Å². The van der Waals surface area contributed by atoms with E-state index in [9.17, 15) is 0 Å². The number of nitrogens with zero attached hydrogens (tertiary/aromatic N) is 4. The summed E-state index contributed by atoms with van der Waals surface area (Å²) in [5.41, 5.74) is 3.05. The number of aromatic nitrogens is 3. The number of rotatable bonds is 2. The monoisotopic (exact) mass is 214 g/mol. The SMILES string of the molecule is C/C(=N\O)c1cncc(-c2cncnc2)c1. The van der Waals surface area contributed by atoms with Crippen molar-refractivity contribution >= 4 is 5.71 Å². The number of hydrogen-bond donors (Lipinski definition) is 1. The zero-order valence-corrected chi connectivity index (χ0v) is 8.70. The van der Waals surface area contributed by atoms with E-state index < -0.39 is 0 Å². The summed E-state index contributed by atoms with van der Waals surface area (Å²) in [5.74, 6) is 0. The topological polar surface area (TPSA) is 71.3 Å². The molecular weight excluding hydrogens is 204 g/mol. The second-order valence-electron chi connectivity index (χ2n) is 3.27. The van der Waals surface area contributed by atoms with E-state index in [4.69, 9.17) is 5.21 Å². The largest absolute Gasteiger partial charge is 0.411 e. The van der Waals surface area contributed by atoms with Crippen LogP contribution in [0.4, 0.5) is 0 Å². The second kappa shape index (κ2) is 4.48. The predicted molar refractivity (Wildman–Crippen MR) is 59.3 cm³/mol. The molecule has 0 amide bonds. The third-order valence-corrected chi connectivity index (χ3v) is 2.20. The van der Waals surface area contributed by atoms with Crippen molar-refractivity contribution in [3.63, 3.8) is 0 Å². The first-order valence-electron chi connectivity index (χ1n) is 4.70. The van der Waals surface area contributed by atoms with Crippen molar-refractivity contribution in [1.82, 2.24) is 15.0 Å². The molecule has 16 heavy (non-hydrogen) atoms. The predicted octanol–water partition coefficient (Wildman–Crippen LogP) is 1.74. The number of oxime groups is 1. The Balaban J connectivity index is 2.44. The van der Waals surface area contributed by atoms with E-state index in [1.807, 2.05) is 6.07 Å². The molecule has 0 spiro atoms. The van der Waals surface area contributed by atoms with Gasteiger partial charge in [0.05, 0.1) is 5.71 Å². The van der Waals surface area contributed by atoms with Gasteiger partial charge in [-0.05, 0) is 13.0 Å². The van der Waals surface area contributed by atoms with Crippen LogP contribution in [0.25, 0.3) is 11.1 Å². The van der Waals surface area contributed by atoms with Crippen LogP contribution < -0.4 is 0 Å². The normalized spacial score (nSPS) is 11.4. The highest BCUT2D eigenvalue weighted by Gasteiger charge is 2.02. The zero-order valence-electron chi connectivity index (χ0n) is 8.70. The van der Waals surface area contributed by atoms with Crippen molar-refractivity contribution in [3.05, 3.63) is 42.7 Å². The minimum Gasteiger partial charge on any atom is -0.411 e.